The van der Waals surface area contributed by atoms with Gasteiger partial charge in [-0.05, 0) is 36.5 Å². The van der Waals surface area contributed by atoms with E-state index in [1.807, 2.05) is 18.2 Å². The fourth-order valence-electron chi connectivity index (χ4n) is 2.93. The predicted molar refractivity (Wildman–Crippen MR) is 70.6 cm³/mol. The summed E-state index contributed by atoms with van der Waals surface area (Å²) in [5, 5.41) is 1.53. The Kier molecular flexibility index (Phi) is 2.80. The van der Waals surface area contributed by atoms with Crippen LogP contribution in [0.4, 0.5) is 0 Å². The van der Waals surface area contributed by atoms with Gasteiger partial charge in [0.05, 0.1) is 13.2 Å². The molecule has 5 nitrogen and oxygen atoms in total. The van der Waals surface area contributed by atoms with Crippen molar-refractivity contribution in [1.29, 1.82) is 0 Å². The molecule has 2 fully saturated rings. The molecular weight excluding hydrogens is 258 g/mol. The standard InChI is InChI=1S/C15H17NO4/c17-15(16-4-1-5-20-16)12-9-11(12)10-2-3-13-14(8-10)19-7-6-18-13/h2-3,8,11-12H,1,4-7,9H2/t11-,12+/m1/s1. The Hall–Kier alpha value is -1.75. The summed E-state index contributed by atoms with van der Waals surface area (Å²) in [7, 11) is 0. The van der Waals surface area contributed by atoms with Gasteiger partial charge in [0.15, 0.2) is 11.5 Å². The van der Waals surface area contributed by atoms with Gasteiger partial charge in [-0.2, -0.15) is 0 Å². The minimum Gasteiger partial charge on any atom is -0.486 e. The number of rotatable bonds is 2. The smallest absolute Gasteiger partial charge is 0.249 e. The summed E-state index contributed by atoms with van der Waals surface area (Å²) in [6.07, 6.45) is 1.84. The fourth-order valence-corrected chi connectivity index (χ4v) is 2.93. The van der Waals surface area contributed by atoms with Gasteiger partial charge >= 0.3 is 0 Å². The molecule has 0 aromatic heterocycles. The highest BCUT2D eigenvalue weighted by atomic mass is 16.7. The van der Waals surface area contributed by atoms with Crippen molar-refractivity contribution in [2.45, 2.75) is 18.8 Å². The maximum absolute atomic E-state index is 12.2. The number of carbonyl (C=O) groups excluding carboxylic acids is 1. The van der Waals surface area contributed by atoms with Crippen LogP contribution in [0.5, 0.6) is 11.5 Å². The monoisotopic (exact) mass is 275 g/mol. The van der Waals surface area contributed by atoms with Crippen molar-refractivity contribution in [3.63, 3.8) is 0 Å². The highest BCUT2D eigenvalue weighted by molar-refractivity contribution is 5.82. The number of amides is 1. The third-order valence-electron chi connectivity index (χ3n) is 4.10. The molecule has 0 unspecified atom stereocenters. The Labute approximate surface area is 117 Å². The van der Waals surface area contributed by atoms with Gasteiger partial charge in [-0.15, -0.1) is 0 Å². The molecule has 2 aliphatic heterocycles. The molecule has 1 aromatic carbocycles. The number of hydroxylamine groups is 2. The Morgan fingerprint density at radius 2 is 2.00 bits per heavy atom. The zero-order valence-electron chi connectivity index (χ0n) is 11.2. The van der Waals surface area contributed by atoms with E-state index in [1.165, 1.54) is 5.06 Å². The Morgan fingerprint density at radius 3 is 2.80 bits per heavy atom. The van der Waals surface area contributed by atoms with Gasteiger partial charge < -0.3 is 9.47 Å². The van der Waals surface area contributed by atoms with E-state index in [4.69, 9.17) is 14.3 Å². The first-order valence-corrected chi connectivity index (χ1v) is 7.17. The number of ether oxygens (including phenoxy) is 2. The summed E-state index contributed by atoms with van der Waals surface area (Å²) in [6.45, 7) is 2.57. The van der Waals surface area contributed by atoms with Gasteiger partial charge in [0.2, 0.25) is 5.91 Å². The molecule has 1 saturated carbocycles. The molecule has 2 heterocycles. The molecule has 0 radical (unpaired) electrons. The van der Waals surface area contributed by atoms with E-state index in [-0.39, 0.29) is 11.8 Å². The molecule has 0 bridgehead atoms. The molecule has 1 saturated heterocycles. The van der Waals surface area contributed by atoms with E-state index in [9.17, 15) is 4.79 Å². The van der Waals surface area contributed by atoms with Crippen LogP contribution in [0.25, 0.3) is 0 Å². The van der Waals surface area contributed by atoms with Crippen LogP contribution in [0.15, 0.2) is 18.2 Å². The number of benzene rings is 1. The van der Waals surface area contributed by atoms with Gasteiger partial charge in [0.25, 0.3) is 0 Å². The number of hydrogen-bond donors (Lipinski definition) is 0. The first-order valence-electron chi connectivity index (χ1n) is 7.17. The van der Waals surface area contributed by atoms with Crippen LogP contribution in [0, 0.1) is 5.92 Å². The normalized spacial score (nSPS) is 27.5. The second kappa shape index (κ2) is 4.66. The topological polar surface area (TPSA) is 48.0 Å². The van der Waals surface area contributed by atoms with E-state index in [0.29, 0.717) is 25.7 Å². The number of fused-ring (bicyclic) bond motifs is 1. The zero-order valence-corrected chi connectivity index (χ0v) is 11.2. The van der Waals surface area contributed by atoms with Crippen LogP contribution in [0.1, 0.15) is 24.3 Å². The summed E-state index contributed by atoms with van der Waals surface area (Å²) in [6, 6.07) is 5.99. The predicted octanol–water partition coefficient (Wildman–Crippen LogP) is 1.73. The summed E-state index contributed by atoms with van der Waals surface area (Å²) >= 11 is 0. The summed E-state index contributed by atoms with van der Waals surface area (Å²) in [5.74, 6) is 2.08. The van der Waals surface area contributed by atoms with Crippen molar-refractivity contribution in [2.75, 3.05) is 26.4 Å². The molecule has 1 aromatic rings. The third-order valence-corrected chi connectivity index (χ3v) is 4.10. The van der Waals surface area contributed by atoms with Gasteiger partial charge in [0, 0.05) is 5.92 Å². The minimum atomic E-state index is 0.0654. The van der Waals surface area contributed by atoms with Crippen molar-refractivity contribution < 1.29 is 19.1 Å². The summed E-state index contributed by atoms with van der Waals surface area (Å²) in [4.78, 5) is 17.6. The first kappa shape index (κ1) is 12.0. The molecule has 0 N–H and O–H groups in total. The molecule has 20 heavy (non-hydrogen) atoms. The minimum absolute atomic E-state index is 0.0654. The van der Waals surface area contributed by atoms with Crippen LogP contribution in [0.3, 0.4) is 0 Å². The molecule has 3 aliphatic rings. The molecule has 2 atom stereocenters. The van der Waals surface area contributed by atoms with Gasteiger partial charge in [0.1, 0.15) is 13.2 Å². The molecular formula is C15H17NO4. The zero-order chi connectivity index (χ0) is 13.5. The second-order valence-electron chi connectivity index (χ2n) is 5.48. The average molecular weight is 275 g/mol. The quantitative estimate of drug-likeness (QED) is 0.824. The lowest BCUT2D eigenvalue weighted by Gasteiger charge is -2.19. The summed E-state index contributed by atoms with van der Waals surface area (Å²) in [5.41, 5.74) is 1.16. The van der Waals surface area contributed by atoms with Crippen LogP contribution >= 0.6 is 0 Å². The highest BCUT2D eigenvalue weighted by Crippen LogP contribution is 2.50. The Balaban J connectivity index is 1.48. The van der Waals surface area contributed by atoms with Crippen LogP contribution < -0.4 is 9.47 Å². The maximum atomic E-state index is 12.2. The van der Waals surface area contributed by atoms with Crippen LogP contribution in [0.2, 0.25) is 0 Å². The van der Waals surface area contributed by atoms with Crippen molar-refractivity contribution in [3.8, 4) is 11.5 Å². The third kappa shape index (κ3) is 2.02. The van der Waals surface area contributed by atoms with Crippen molar-refractivity contribution in [3.05, 3.63) is 23.8 Å². The van der Waals surface area contributed by atoms with Crippen molar-refractivity contribution >= 4 is 5.91 Å². The number of nitrogens with zero attached hydrogens (tertiary/aromatic N) is 1. The van der Waals surface area contributed by atoms with Crippen LogP contribution in [-0.2, 0) is 9.63 Å². The van der Waals surface area contributed by atoms with E-state index < -0.39 is 0 Å². The molecule has 1 aliphatic carbocycles. The SMILES string of the molecule is O=C([C@H]1C[C@@H]1c1ccc2c(c1)OCCO2)N1CCCO1. The van der Waals surface area contributed by atoms with E-state index in [2.05, 4.69) is 0 Å². The number of hydrogen-bond acceptors (Lipinski definition) is 4. The van der Waals surface area contributed by atoms with Gasteiger partial charge in [-0.1, -0.05) is 6.07 Å². The largest absolute Gasteiger partial charge is 0.486 e. The molecule has 1 amide bonds. The van der Waals surface area contributed by atoms with Gasteiger partial charge in [-0.3, -0.25) is 9.63 Å². The lowest BCUT2D eigenvalue weighted by atomic mass is 10.1. The lowest BCUT2D eigenvalue weighted by molar-refractivity contribution is -0.170. The van der Waals surface area contributed by atoms with Crippen LogP contribution in [-0.4, -0.2) is 37.3 Å². The second-order valence-corrected chi connectivity index (χ2v) is 5.48. The molecule has 4 rings (SSSR count). The van der Waals surface area contributed by atoms with E-state index in [1.54, 1.807) is 0 Å². The number of carbonyl (C=O) groups is 1. The summed E-state index contributed by atoms with van der Waals surface area (Å²) < 4.78 is 11.1. The Bertz CT molecular complexity index is 539. The van der Waals surface area contributed by atoms with E-state index >= 15 is 0 Å². The Morgan fingerprint density at radius 1 is 1.15 bits per heavy atom. The van der Waals surface area contributed by atoms with Crippen molar-refractivity contribution in [1.82, 2.24) is 5.06 Å². The maximum Gasteiger partial charge on any atom is 0.249 e. The lowest BCUT2D eigenvalue weighted by Crippen LogP contribution is -2.28. The fraction of sp³-hybridized carbons (Fsp3) is 0.533. The molecule has 0 spiro atoms. The highest BCUT2D eigenvalue weighted by Gasteiger charge is 2.47. The van der Waals surface area contributed by atoms with E-state index in [0.717, 1.165) is 36.4 Å². The van der Waals surface area contributed by atoms with Gasteiger partial charge in [-0.25, -0.2) is 5.06 Å². The molecule has 106 valence electrons. The molecule has 5 heteroatoms. The average Bonchev–Trinajstić information content (AvgIpc) is 3.11. The van der Waals surface area contributed by atoms with Crippen molar-refractivity contribution in [2.24, 2.45) is 5.92 Å². The first-order chi connectivity index (χ1) is 9.83.